The minimum absolute atomic E-state index is 0.0767. The zero-order valence-electron chi connectivity index (χ0n) is 9.56. The fourth-order valence-electron chi connectivity index (χ4n) is 1.55. The number of aliphatic hydroxyl groups is 1. The van der Waals surface area contributed by atoms with Crippen LogP contribution >= 0.6 is 0 Å². The van der Waals surface area contributed by atoms with E-state index in [2.05, 4.69) is 0 Å². The number of ether oxygens (including phenoxy) is 1. The lowest BCUT2D eigenvalue weighted by atomic mass is 9.97. The highest BCUT2D eigenvalue weighted by molar-refractivity contribution is 5.53. The Kier molecular flexibility index (Phi) is 3.49. The molecule has 0 heterocycles. The van der Waals surface area contributed by atoms with Crippen LogP contribution in [0.4, 0.5) is 5.69 Å². The van der Waals surface area contributed by atoms with Crippen molar-refractivity contribution in [3.8, 4) is 5.75 Å². The summed E-state index contributed by atoms with van der Waals surface area (Å²) >= 11 is 0. The van der Waals surface area contributed by atoms with Crippen molar-refractivity contribution in [2.75, 3.05) is 7.11 Å². The van der Waals surface area contributed by atoms with Crippen LogP contribution < -0.4 is 4.74 Å². The number of hydrogen-bond acceptors (Lipinski definition) is 4. The normalized spacial score (nSPS) is 11.2. The fourth-order valence-corrected chi connectivity index (χ4v) is 1.55. The molecule has 0 fully saturated rings. The minimum Gasteiger partial charge on any atom is -0.490 e. The van der Waals surface area contributed by atoms with Crippen LogP contribution in [0.1, 0.15) is 19.4 Å². The van der Waals surface area contributed by atoms with E-state index in [9.17, 15) is 15.2 Å². The second kappa shape index (κ2) is 4.49. The number of nitrogens with zero attached hydrogens (tertiary/aromatic N) is 1. The largest absolute Gasteiger partial charge is 0.490 e. The van der Waals surface area contributed by atoms with Gasteiger partial charge >= 0.3 is 5.69 Å². The van der Waals surface area contributed by atoms with Gasteiger partial charge in [0.1, 0.15) is 0 Å². The molecular weight excluding hydrogens is 210 g/mol. The van der Waals surface area contributed by atoms with Crippen LogP contribution in [0.15, 0.2) is 18.2 Å². The predicted octanol–water partition coefficient (Wildman–Crippen LogP) is 1.92. The molecule has 1 aromatic rings. The fraction of sp³-hybridized carbons (Fsp3) is 0.455. The lowest BCUT2D eigenvalue weighted by molar-refractivity contribution is -0.386. The quantitative estimate of drug-likeness (QED) is 0.627. The molecule has 0 aliphatic carbocycles. The molecule has 0 saturated heterocycles. The van der Waals surface area contributed by atoms with Crippen molar-refractivity contribution in [1.29, 1.82) is 0 Å². The highest BCUT2D eigenvalue weighted by Gasteiger charge is 2.24. The molecule has 16 heavy (non-hydrogen) atoms. The summed E-state index contributed by atoms with van der Waals surface area (Å²) in [4.78, 5) is 10.4. The molecule has 0 aromatic heterocycles. The number of methoxy groups -OCH3 is 1. The van der Waals surface area contributed by atoms with Crippen molar-refractivity contribution in [3.05, 3.63) is 33.9 Å². The molecule has 0 aliphatic rings. The second-order valence-corrected chi connectivity index (χ2v) is 4.21. The second-order valence-electron chi connectivity index (χ2n) is 4.21. The molecule has 0 saturated carbocycles. The molecule has 1 aromatic carbocycles. The molecule has 1 N–H and O–H groups in total. The van der Waals surface area contributed by atoms with Crippen LogP contribution in [-0.4, -0.2) is 22.7 Å². The summed E-state index contributed by atoms with van der Waals surface area (Å²) in [5.74, 6) is 0.215. The Labute approximate surface area is 93.8 Å². The zero-order valence-corrected chi connectivity index (χ0v) is 9.56. The summed E-state index contributed by atoms with van der Waals surface area (Å²) in [5, 5.41) is 20.6. The highest BCUT2D eigenvalue weighted by atomic mass is 16.6. The van der Waals surface area contributed by atoms with Gasteiger partial charge in [0.25, 0.3) is 0 Å². The van der Waals surface area contributed by atoms with Gasteiger partial charge in [0, 0.05) is 12.0 Å². The standard InChI is InChI=1S/C11H15NO4/c1-11(2,13)7-8-5-4-6-9(16-3)10(8)12(14)15/h4-6,13H,7H2,1-3H3. The lowest BCUT2D eigenvalue weighted by Gasteiger charge is -2.17. The molecule has 0 unspecified atom stereocenters. The van der Waals surface area contributed by atoms with Gasteiger partial charge in [-0.2, -0.15) is 0 Å². The van der Waals surface area contributed by atoms with E-state index in [0.29, 0.717) is 5.56 Å². The lowest BCUT2D eigenvalue weighted by Crippen LogP contribution is -2.22. The molecule has 1 rings (SSSR count). The van der Waals surface area contributed by atoms with Crippen molar-refractivity contribution in [2.24, 2.45) is 0 Å². The number of para-hydroxylation sites is 1. The number of nitro benzene ring substituents is 1. The highest BCUT2D eigenvalue weighted by Crippen LogP contribution is 2.32. The number of hydrogen-bond donors (Lipinski definition) is 1. The van der Waals surface area contributed by atoms with Gasteiger partial charge in [-0.15, -0.1) is 0 Å². The van der Waals surface area contributed by atoms with Crippen molar-refractivity contribution >= 4 is 5.69 Å². The summed E-state index contributed by atoms with van der Waals surface area (Å²) in [5.41, 5.74) is -0.596. The predicted molar refractivity (Wildman–Crippen MR) is 59.7 cm³/mol. The molecule has 5 heteroatoms. The zero-order chi connectivity index (χ0) is 12.3. The molecule has 0 atom stereocenters. The van der Waals surface area contributed by atoms with Crippen molar-refractivity contribution in [1.82, 2.24) is 0 Å². The SMILES string of the molecule is COc1cccc(CC(C)(C)O)c1[N+](=O)[O-]. The van der Waals surface area contributed by atoms with Gasteiger partial charge in [-0.25, -0.2) is 0 Å². The Morgan fingerprint density at radius 3 is 2.56 bits per heavy atom. The van der Waals surface area contributed by atoms with Crippen LogP contribution in [0.3, 0.4) is 0 Å². The molecule has 0 aliphatic heterocycles. The first-order valence-electron chi connectivity index (χ1n) is 4.88. The van der Waals surface area contributed by atoms with E-state index >= 15 is 0 Å². The Morgan fingerprint density at radius 2 is 2.12 bits per heavy atom. The van der Waals surface area contributed by atoms with E-state index in [1.165, 1.54) is 13.2 Å². The van der Waals surface area contributed by atoms with E-state index in [1.54, 1.807) is 26.0 Å². The monoisotopic (exact) mass is 225 g/mol. The Balaban J connectivity index is 3.22. The van der Waals surface area contributed by atoms with Crippen LogP contribution in [-0.2, 0) is 6.42 Å². The number of nitro groups is 1. The summed E-state index contributed by atoms with van der Waals surface area (Å²) < 4.78 is 4.94. The molecule has 0 bridgehead atoms. The van der Waals surface area contributed by atoms with Gasteiger partial charge in [-0.1, -0.05) is 12.1 Å². The van der Waals surface area contributed by atoms with E-state index in [4.69, 9.17) is 4.74 Å². The summed E-state index contributed by atoms with van der Waals surface area (Å²) in [6.45, 7) is 3.21. The average Bonchev–Trinajstić information content (AvgIpc) is 2.14. The third-order valence-electron chi connectivity index (χ3n) is 2.11. The molecule has 88 valence electrons. The molecule has 0 spiro atoms. The van der Waals surface area contributed by atoms with Gasteiger partial charge in [-0.3, -0.25) is 10.1 Å². The molecule has 5 nitrogen and oxygen atoms in total. The van der Waals surface area contributed by atoms with E-state index in [1.807, 2.05) is 0 Å². The average molecular weight is 225 g/mol. The maximum absolute atomic E-state index is 10.9. The van der Waals surface area contributed by atoms with Crippen LogP contribution in [0.2, 0.25) is 0 Å². The van der Waals surface area contributed by atoms with E-state index < -0.39 is 10.5 Å². The van der Waals surface area contributed by atoms with Gasteiger partial charge in [0.15, 0.2) is 5.75 Å². The maximum atomic E-state index is 10.9. The van der Waals surface area contributed by atoms with Gasteiger partial charge in [0.2, 0.25) is 0 Å². The molecular formula is C11H15NO4. The first-order chi connectivity index (χ1) is 7.35. The van der Waals surface area contributed by atoms with E-state index in [-0.39, 0.29) is 17.9 Å². The third kappa shape index (κ3) is 2.93. The summed E-state index contributed by atoms with van der Waals surface area (Å²) in [6.07, 6.45) is 0.209. The van der Waals surface area contributed by atoms with Crippen molar-refractivity contribution < 1.29 is 14.8 Å². The Hall–Kier alpha value is -1.62. The van der Waals surface area contributed by atoms with Gasteiger partial charge < -0.3 is 9.84 Å². The topological polar surface area (TPSA) is 72.6 Å². The Morgan fingerprint density at radius 1 is 1.50 bits per heavy atom. The maximum Gasteiger partial charge on any atom is 0.314 e. The van der Waals surface area contributed by atoms with Crippen LogP contribution in [0, 0.1) is 10.1 Å². The van der Waals surface area contributed by atoms with Crippen LogP contribution in [0.25, 0.3) is 0 Å². The third-order valence-corrected chi connectivity index (χ3v) is 2.11. The smallest absolute Gasteiger partial charge is 0.314 e. The summed E-state index contributed by atoms with van der Waals surface area (Å²) in [6, 6.07) is 4.83. The molecule has 0 radical (unpaired) electrons. The van der Waals surface area contributed by atoms with Crippen molar-refractivity contribution in [2.45, 2.75) is 25.9 Å². The van der Waals surface area contributed by atoms with E-state index in [0.717, 1.165) is 0 Å². The number of rotatable bonds is 4. The Bertz CT molecular complexity index is 395. The minimum atomic E-state index is -0.989. The first-order valence-corrected chi connectivity index (χ1v) is 4.88. The van der Waals surface area contributed by atoms with Gasteiger partial charge in [0.05, 0.1) is 17.6 Å². The first kappa shape index (κ1) is 12.4. The number of benzene rings is 1. The van der Waals surface area contributed by atoms with Crippen molar-refractivity contribution in [3.63, 3.8) is 0 Å². The summed E-state index contributed by atoms with van der Waals surface area (Å²) in [7, 11) is 1.39. The van der Waals surface area contributed by atoms with Gasteiger partial charge in [-0.05, 0) is 19.9 Å². The van der Waals surface area contributed by atoms with Crippen LogP contribution in [0.5, 0.6) is 5.75 Å². The molecule has 0 amide bonds.